The van der Waals surface area contributed by atoms with Crippen LogP contribution in [0.25, 0.3) is 21.8 Å². The Kier molecular flexibility index (Phi) is 18.9. The molecule has 0 unspecified atom stereocenters. The Bertz CT molecular complexity index is 2710. The minimum Gasteiger partial charge on any atom is -0.490 e. The van der Waals surface area contributed by atoms with Gasteiger partial charge in [-0.15, -0.1) is 0 Å². The minimum absolute atomic E-state index is 0.0416. The number of fused-ring (bicyclic) bond motifs is 2. The van der Waals surface area contributed by atoms with E-state index < -0.39 is 51.0 Å². The van der Waals surface area contributed by atoms with Gasteiger partial charge in [-0.3, -0.25) is 0 Å². The Labute approximate surface area is 422 Å². The van der Waals surface area contributed by atoms with Crippen molar-refractivity contribution in [2.45, 2.75) is 116 Å². The molecule has 4 aromatic carbocycles. The van der Waals surface area contributed by atoms with Crippen molar-refractivity contribution in [3.63, 3.8) is 0 Å². The smallest absolute Gasteiger partial charge is 0.168 e. The molecular weight excluding hydrogens is 1030 g/mol. The number of benzene rings is 4. The minimum atomic E-state index is -1.22. The topological polar surface area (TPSA) is 139 Å². The third-order valence-corrected chi connectivity index (χ3v) is 14.9. The van der Waals surface area contributed by atoms with E-state index in [0.29, 0.717) is 55.9 Å². The predicted molar refractivity (Wildman–Crippen MR) is 271 cm³/mol. The molecule has 2 aliphatic heterocycles. The normalized spacial score (nSPS) is 17.5. The summed E-state index contributed by atoms with van der Waals surface area (Å²) in [5.41, 5.74) is 1.51. The molecule has 2 aromatic heterocycles. The van der Waals surface area contributed by atoms with Gasteiger partial charge in [-0.2, -0.15) is 10.2 Å². The standard InChI is InChI=1S/C25H32F2N2O5Si.C19H21BrF2N2O2Si.C6H12O3/c1-25(2)32-15-19(34-25)14-31-24-12-18(33-23-7-6-17(26)10-21(23)27)11-22-20(24)13-28-29(22)16-30-8-9-35(3,4)5;1-27(2,3)7-6-25-12-24-18-10-14(9-16(20)15(18)11-23-24)26-19-5-4-13(21)8-17(19)22;1-6(2)8-4-5(3-7)9-6/h6-7,10-13,19H,8-9,14-16H2,1-5H3;4-5,8-11H,6-7,12H2,1-3H3;5,7H,3-4H2,1-2H3/t19-;;5-/m1.1/s1. The highest BCUT2D eigenvalue weighted by molar-refractivity contribution is 9.10. The van der Waals surface area contributed by atoms with E-state index in [2.05, 4.69) is 65.4 Å². The molecule has 71 heavy (non-hydrogen) atoms. The third kappa shape index (κ3) is 17.1. The van der Waals surface area contributed by atoms with E-state index in [4.69, 9.17) is 47.7 Å². The summed E-state index contributed by atoms with van der Waals surface area (Å²) in [7, 11) is -2.36. The maximum Gasteiger partial charge on any atom is 0.168 e. The Balaban J connectivity index is 0.000000202. The summed E-state index contributed by atoms with van der Waals surface area (Å²) < 4.78 is 110. The van der Waals surface area contributed by atoms with E-state index >= 15 is 0 Å². The van der Waals surface area contributed by atoms with Crippen LogP contribution in [-0.4, -0.2) is 104 Å². The molecule has 2 fully saturated rings. The van der Waals surface area contributed by atoms with Crippen molar-refractivity contribution in [1.82, 2.24) is 19.6 Å². The van der Waals surface area contributed by atoms with Gasteiger partial charge in [-0.1, -0.05) is 39.3 Å². The molecule has 0 radical (unpaired) electrons. The molecule has 0 saturated carbocycles. The lowest BCUT2D eigenvalue weighted by molar-refractivity contribution is -0.142. The SMILES string of the molecule is CC1(C)OC[C@@H](CO)O1.CC1(C)OC[C@@H](COc2cc(Oc3ccc(F)cc3F)cc3c2cnn3COCC[Si](C)(C)C)O1.C[Si](C)(C)CCOCn1ncc2c(Br)cc(Oc3ccc(F)cc3F)cc21. The molecule has 0 amide bonds. The fourth-order valence-corrected chi connectivity index (χ4v) is 9.03. The van der Waals surface area contributed by atoms with Crippen LogP contribution in [0.4, 0.5) is 17.6 Å². The van der Waals surface area contributed by atoms with E-state index in [1.807, 2.05) is 27.7 Å². The largest absolute Gasteiger partial charge is 0.490 e. The first-order valence-electron chi connectivity index (χ1n) is 23.3. The molecule has 4 heterocycles. The van der Waals surface area contributed by atoms with Crippen molar-refractivity contribution in [3.8, 4) is 28.7 Å². The van der Waals surface area contributed by atoms with Crippen molar-refractivity contribution in [1.29, 1.82) is 0 Å². The van der Waals surface area contributed by atoms with E-state index in [1.54, 1.807) is 46.0 Å². The average Bonchev–Trinajstić information content (AvgIpc) is 4.07. The Morgan fingerprint density at radius 1 is 0.648 bits per heavy atom. The number of ether oxygens (including phenoxy) is 9. The molecule has 6 aromatic rings. The molecule has 0 bridgehead atoms. The first-order valence-corrected chi connectivity index (χ1v) is 31.5. The summed E-state index contributed by atoms with van der Waals surface area (Å²) >= 11 is 3.49. The van der Waals surface area contributed by atoms with Gasteiger partial charge in [-0.25, -0.2) is 26.9 Å². The van der Waals surface area contributed by atoms with Crippen LogP contribution in [0.2, 0.25) is 51.4 Å². The van der Waals surface area contributed by atoms with Gasteiger partial charge in [0.1, 0.15) is 61.2 Å². The number of hydrogen-bond acceptors (Lipinski definition) is 12. The van der Waals surface area contributed by atoms with Crippen LogP contribution in [0.3, 0.4) is 0 Å². The second kappa shape index (κ2) is 24.1. The first-order chi connectivity index (χ1) is 33.4. The van der Waals surface area contributed by atoms with Crippen molar-refractivity contribution in [3.05, 3.63) is 101 Å². The molecule has 21 heteroatoms. The van der Waals surface area contributed by atoms with Crippen LogP contribution in [0.1, 0.15) is 27.7 Å². The number of aliphatic hydroxyl groups excluding tert-OH is 1. The van der Waals surface area contributed by atoms with Crippen molar-refractivity contribution in [2.24, 2.45) is 0 Å². The quantitative estimate of drug-likeness (QED) is 0.0498. The maximum atomic E-state index is 14.2. The van der Waals surface area contributed by atoms with E-state index in [0.717, 1.165) is 57.1 Å². The summed E-state index contributed by atoms with van der Waals surface area (Å²) in [6, 6.07) is 15.4. The number of aliphatic hydroxyl groups is 1. The first kappa shape index (κ1) is 55.9. The van der Waals surface area contributed by atoms with E-state index in [9.17, 15) is 17.6 Å². The average molecular weight is 1090 g/mol. The monoisotopic (exact) mass is 1090 g/mol. The molecule has 0 spiro atoms. The van der Waals surface area contributed by atoms with Gasteiger partial charge < -0.3 is 47.7 Å². The lowest BCUT2D eigenvalue weighted by Crippen LogP contribution is -2.25. The van der Waals surface area contributed by atoms with Crippen LogP contribution in [0.5, 0.6) is 28.7 Å². The second-order valence-corrected chi connectivity index (χ2v) is 32.5. The van der Waals surface area contributed by atoms with Gasteiger partial charge in [0.05, 0.1) is 48.6 Å². The summed E-state index contributed by atoms with van der Waals surface area (Å²) in [6.45, 7) is 24.3. The van der Waals surface area contributed by atoms with E-state index in [1.165, 1.54) is 12.1 Å². The lowest BCUT2D eigenvalue weighted by Gasteiger charge is -2.18. The highest BCUT2D eigenvalue weighted by Crippen LogP contribution is 2.36. The van der Waals surface area contributed by atoms with Crippen LogP contribution in [0.15, 0.2) is 77.5 Å². The highest BCUT2D eigenvalue weighted by atomic mass is 79.9. The zero-order chi connectivity index (χ0) is 51.7. The van der Waals surface area contributed by atoms with Crippen molar-refractivity contribution >= 4 is 53.9 Å². The number of aromatic nitrogens is 4. The molecule has 8 rings (SSSR count). The number of halogens is 5. The molecule has 388 valence electrons. The molecular formula is C50H65BrF4N4O10Si2. The van der Waals surface area contributed by atoms with Gasteiger partial charge in [0, 0.05) is 69.6 Å². The number of rotatable bonds is 18. The van der Waals surface area contributed by atoms with Crippen molar-refractivity contribution in [2.75, 3.05) is 39.6 Å². The fraction of sp³-hybridized carbons (Fsp3) is 0.480. The second-order valence-electron chi connectivity index (χ2n) is 20.4. The lowest BCUT2D eigenvalue weighted by atomic mass is 10.2. The molecule has 2 saturated heterocycles. The zero-order valence-electron chi connectivity index (χ0n) is 42.0. The zero-order valence-corrected chi connectivity index (χ0v) is 45.5. The summed E-state index contributed by atoms with van der Waals surface area (Å²) in [5, 5.41) is 19.1. The summed E-state index contributed by atoms with van der Waals surface area (Å²) in [4.78, 5) is 0. The Morgan fingerprint density at radius 2 is 1.11 bits per heavy atom. The highest BCUT2D eigenvalue weighted by Gasteiger charge is 2.34. The Morgan fingerprint density at radius 3 is 1.55 bits per heavy atom. The van der Waals surface area contributed by atoms with Crippen LogP contribution >= 0.6 is 15.9 Å². The molecule has 2 aliphatic rings. The Hall–Kier alpha value is -4.43. The predicted octanol–water partition coefficient (Wildman–Crippen LogP) is 12.3. The molecule has 0 aliphatic carbocycles. The molecule has 1 N–H and O–H groups in total. The van der Waals surface area contributed by atoms with Gasteiger partial charge in [0.25, 0.3) is 0 Å². The maximum absolute atomic E-state index is 14.2. The van der Waals surface area contributed by atoms with Crippen molar-refractivity contribution < 1.29 is 65.3 Å². The summed E-state index contributed by atoms with van der Waals surface area (Å²) in [5.74, 6) is -2.92. The number of nitrogens with zero attached hydrogens (tertiary/aromatic N) is 4. The van der Waals surface area contributed by atoms with Crippen LogP contribution < -0.4 is 14.2 Å². The van der Waals surface area contributed by atoms with Crippen LogP contribution in [-0.2, 0) is 41.9 Å². The molecule has 14 nitrogen and oxygen atoms in total. The number of hydrogen-bond donors (Lipinski definition) is 1. The van der Waals surface area contributed by atoms with Crippen LogP contribution in [0, 0.1) is 23.3 Å². The fourth-order valence-electron chi connectivity index (χ4n) is 6.98. The van der Waals surface area contributed by atoms with E-state index in [-0.39, 0.29) is 43.7 Å². The van der Waals surface area contributed by atoms with Gasteiger partial charge >= 0.3 is 0 Å². The van der Waals surface area contributed by atoms with Gasteiger partial charge in [0.2, 0.25) is 0 Å². The summed E-state index contributed by atoms with van der Waals surface area (Å²) in [6.07, 6.45) is 3.08. The molecule has 2 atom stereocenters. The third-order valence-electron chi connectivity index (χ3n) is 10.8. The van der Waals surface area contributed by atoms with Gasteiger partial charge in [0.15, 0.2) is 34.7 Å². The van der Waals surface area contributed by atoms with Gasteiger partial charge in [-0.05, 0) is 86.0 Å².